The molecule has 2 N–H and O–H groups in total. The van der Waals surface area contributed by atoms with Gasteiger partial charge < -0.3 is 19.7 Å². The molecule has 1 atom stereocenters. The highest BCUT2D eigenvalue weighted by atomic mass is 32.2. The number of para-hydroxylation sites is 2. The summed E-state index contributed by atoms with van der Waals surface area (Å²) in [7, 11) is 1.92. The number of aromatic nitrogens is 3. The smallest absolute Gasteiger partial charge is 0.238 e. The second-order valence-corrected chi connectivity index (χ2v) is 7.45. The zero-order valence-corrected chi connectivity index (χ0v) is 16.2. The van der Waals surface area contributed by atoms with Gasteiger partial charge in [0.15, 0.2) is 5.82 Å². The molecule has 1 aromatic carbocycles. The zero-order chi connectivity index (χ0) is 19.4. The van der Waals surface area contributed by atoms with Crippen molar-refractivity contribution in [2.24, 2.45) is 7.05 Å². The molecule has 0 aliphatic heterocycles. The first-order valence-corrected chi connectivity index (χ1v) is 9.51. The van der Waals surface area contributed by atoms with Crippen molar-refractivity contribution in [1.82, 2.24) is 20.0 Å². The Labute approximate surface area is 160 Å². The summed E-state index contributed by atoms with van der Waals surface area (Å²) in [6.07, 6.45) is 0. The van der Waals surface area contributed by atoms with Gasteiger partial charge in [0.2, 0.25) is 11.8 Å². The van der Waals surface area contributed by atoms with Gasteiger partial charge in [-0.15, -0.1) is 11.8 Å². The maximum atomic E-state index is 12.1. The fourth-order valence-corrected chi connectivity index (χ4v) is 3.23. The van der Waals surface area contributed by atoms with Gasteiger partial charge >= 0.3 is 0 Å². The lowest BCUT2D eigenvalue weighted by Gasteiger charge is -2.10. The van der Waals surface area contributed by atoms with Crippen molar-refractivity contribution < 1.29 is 14.1 Å². The van der Waals surface area contributed by atoms with Gasteiger partial charge in [0.25, 0.3) is 0 Å². The first kappa shape index (κ1) is 19.0. The van der Waals surface area contributed by atoms with Crippen LogP contribution in [0.5, 0.6) is 0 Å². The van der Waals surface area contributed by atoms with Crippen molar-refractivity contribution in [2.45, 2.75) is 25.6 Å². The lowest BCUT2D eigenvalue weighted by atomic mass is 10.3. The Kier molecular flexibility index (Phi) is 5.80. The van der Waals surface area contributed by atoms with E-state index in [2.05, 4.69) is 20.8 Å². The maximum Gasteiger partial charge on any atom is 0.238 e. The largest absolute Gasteiger partial charge is 0.360 e. The number of fused-ring (bicyclic) bond motifs is 1. The van der Waals surface area contributed by atoms with E-state index < -0.39 is 5.25 Å². The summed E-state index contributed by atoms with van der Waals surface area (Å²) < 4.78 is 6.86. The highest BCUT2D eigenvalue weighted by Gasteiger charge is 2.17. The second-order valence-electron chi connectivity index (χ2n) is 6.12. The number of carbonyl (C=O) groups is 2. The molecular formula is C18H21N5O3S. The van der Waals surface area contributed by atoms with E-state index in [1.54, 1.807) is 19.9 Å². The molecule has 1 unspecified atom stereocenters. The molecule has 9 heteroatoms. The molecule has 0 spiro atoms. The first-order valence-electron chi connectivity index (χ1n) is 8.47. The Morgan fingerprint density at radius 2 is 2.11 bits per heavy atom. The number of anilines is 1. The standard InChI is InChI=1S/C18H21N5O3S/c1-11-8-15(22-26-11)21-18(25)12(2)27-10-17(24)19-9-16-20-13-6-4-5-7-14(13)23(16)3/h4-8,12H,9-10H2,1-3H3,(H,19,24)(H,21,22,25). The minimum atomic E-state index is -0.400. The minimum absolute atomic E-state index is 0.149. The van der Waals surface area contributed by atoms with Crippen molar-refractivity contribution in [3.63, 3.8) is 0 Å². The number of aryl methyl sites for hydroxylation is 2. The van der Waals surface area contributed by atoms with E-state index in [1.165, 1.54) is 11.8 Å². The maximum absolute atomic E-state index is 12.1. The van der Waals surface area contributed by atoms with E-state index in [0.717, 1.165) is 16.9 Å². The van der Waals surface area contributed by atoms with E-state index in [0.29, 0.717) is 18.1 Å². The van der Waals surface area contributed by atoms with Gasteiger partial charge in [0.05, 0.1) is 28.6 Å². The number of thioether (sulfide) groups is 1. The summed E-state index contributed by atoms with van der Waals surface area (Å²) in [5.74, 6) is 1.57. The second kappa shape index (κ2) is 8.26. The van der Waals surface area contributed by atoms with Crippen LogP contribution in [0.4, 0.5) is 5.82 Å². The molecule has 0 saturated carbocycles. The van der Waals surface area contributed by atoms with Gasteiger partial charge in [-0.3, -0.25) is 9.59 Å². The number of rotatable bonds is 7. The predicted octanol–water partition coefficient (Wildman–Crippen LogP) is 2.25. The molecule has 0 saturated heterocycles. The molecule has 0 fully saturated rings. The highest BCUT2D eigenvalue weighted by molar-refractivity contribution is 8.01. The monoisotopic (exact) mass is 387 g/mol. The Balaban J connectivity index is 1.46. The van der Waals surface area contributed by atoms with Crippen LogP contribution in [0.15, 0.2) is 34.9 Å². The van der Waals surface area contributed by atoms with Gasteiger partial charge in [-0.2, -0.15) is 0 Å². The lowest BCUT2D eigenvalue weighted by molar-refractivity contribution is -0.118. The molecule has 0 radical (unpaired) electrons. The third kappa shape index (κ3) is 4.68. The van der Waals surface area contributed by atoms with Crippen LogP contribution in [0.3, 0.4) is 0 Å². The number of nitrogens with one attached hydrogen (secondary N) is 2. The van der Waals surface area contributed by atoms with E-state index in [1.807, 2.05) is 35.9 Å². The van der Waals surface area contributed by atoms with Gasteiger partial charge in [-0.25, -0.2) is 4.98 Å². The molecule has 3 rings (SSSR count). The minimum Gasteiger partial charge on any atom is -0.360 e. The molecule has 0 aliphatic rings. The SMILES string of the molecule is Cc1cc(NC(=O)C(C)SCC(=O)NCc2nc3ccccc3n2C)no1. The Hall–Kier alpha value is -2.81. The average Bonchev–Trinajstić information content (AvgIpc) is 3.21. The van der Waals surface area contributed by atoms with Gasteiger partial charge in [0, 0.05) is 13.1 Å². The number of benzene rings is 1. The van der Waals surface area contributed by atoms with Crippen LogP contribution in [-0.2, 0) is 23.2 Å². The Morgan fingerprint density at radius 3 is 2.81 bits per heavy atom. The quantitative estimate of drug-likeness (QED) is 0.645. The number of amides is 2. The van der Waals surface area contributed by atoms with Gasteiger partial charge in [-0.1, -0.05) is 17.3 Å². The summed E-state index contributed by atoms with van der Waals surface area (Å²) in [5, 5.41) is 8.82. The number of hydrogen-bond donors (Lipinski definition) is 2. The van der Waals surface area contributed by atoms with Crippen molar-refractivity contribution >= 4 is 40.4 Å². The van der Waals surface area contributed by atoms with Crippen molar-refractivity contribution in [3.8, 4) is 0 Å². The average molecular weight is 387 g/mol. The molecule has 3 aromatic rings. The molecule has 2 heterocycles. The predicted molar refractivity (Wildman–Crippen MR) is 104 cm³/mol. The number of carbonyl (C=O) groups excluding carboxylic acids is 2. The van der Waals surface area contributed by atoms with Gasteiger partial charge in [0.1, 0.15) is 11.6 Å². The lowest BCUT2D eigenvalue weighted by Crippen LogP contribution is -2.29. The Bertz CT molecular complexity index is 965. The summed E-state index contributed by atoms with van der Waals surface area (Å²) in [5.41, 5.74) is 1.91. The molecular weight excluding hydrogens is 366 g/mol. The van der Waals surface area contributed by atoms with Crippen molar-refractivity contribution in [3.05, 3.63) is 41.9 Å². The molecule has 0 bridgehead atoms. The van der Waals surface area contributed by atoms with Crippen LogP contribution in [0.25, 0.3) is 11.0 Å². The topological polar surface area (TPSA) is 102 Å². The Morgan fingerprint density at radius 1 is 1.33 bits per heavy atom. The number of hydrogen-bond acceptors (Lipinski definition) is 6. The van der Waals surface area contributed by atoms with E-state index in [4.69, 9.17) is 4.52 Å². The molecule has 0 aliphatic carbocycles. The third-order valence-electron chi connectivity index (χ3n) is 4.04. The van der Waals surface area contributed by atoms with Crippen molar-refractivity contribution in [2.75, 3.05) is 11.1 Å². The highest BCUT2D eigenvalue weighted by Crippen LogP contribution is 2.15. The third-order valence-corrected chi connectivity index (χ3v) is 5.18. The molecule has 27 heavy (non-hydrogen) atoms. The number of imidazole rings is 1. The number of nitrogens with zero attached hydrogens (tertiary/aromatic N) is 3. The summed E-state index contributed by atoms with van der Waals surface area (Å²) in [6, 6.07) is 9.45. The van der Waals surface area contributed by atoms with Crippen LogP contribution in [0.2, 0.25) is 0 Å². The molecule has 8 nitrogen and oxygen atoms in total. The molecule has 142 valence electrons. The summed E-state index contributed by atoms with van der Waals surface area (Å²) >= 11 is 1.25. The zero-order valence-electron chi connectivity index (χ0n) is 15.4. The van der Waals surface area contributed by atoms with Crippen LogP contribution in [0, 0.1) is 6.92 Å². The van der Waals surface area contributed by atoms with Crippen molar-refractivity contribution in [1.29, 1.82) is 0 Å². The molecule has 2 aromatic heterocycles. The summed E-state index contributed by atoms with van der Waals surface area (Å²) in [4.78, 5) is 28.7. The fourth-order valence-electron chi connectivity index (χ4n) is 2.51. The first-order chi connectivity index (χ1) is 12.9. The van der Waals surface area contributed by atoms with E-state index in [9.17, 15) is 9.59 Å². The van der Waals surface area contributed by atoms with Crippen LogP contribution >= 0.6 is 11.8 Å². The summed E-state index contributed by atoms with van der Waals surface area (Å²) in [6.45, 7) is 3.82. The fraction of sp³-hybridized carbons (Fsp3) is 0.333. The van der Waals surface area contributed by atoms with Crippen LogP contribution < -0.4 is 10.6 Å². The van der Waals surface area contributed by atoms with E-state index >= 15 is 0 Å². The molecule has 2 amide bonds. The van der Waals surface area contributed by atoms with Crippen LogP contribution in [-0.4, -0.2) is 37.5 Å². The van der Waals surface area contributed by atoms with Gasteiger partial charge in [-0.05, 0) is 26.0 Å². The van der Waals surface area contributed by atoms with Crippen LogP contribution in [0.1, 0.15) is 18.5 Å². The van der Waals surface area contributed by atoms with E-state index in [-0.39, 0.29) is 17.6 Å². The normalized spacial score (nSPS) is 12.1.